The molecule has 1 heterocycles. The average Bonchev–Trinajstić information content (AvgIpc) is 3.82. The van der Waals surface area contributed by atoms with Gasteiger partial charge in [-0.05, 0) is 117 Å². The SMILES string of the molecule is CC(C)[C@H]1CC[C@H](C)C[C@@H]1OC(=O)N(C[C@H]1CCCO1)C[C@]1(O)CC[C@H]2[C@]34C=C[C@@]5(C=C3C(=O)c3ccc(-c6ccccc6)cc3)CC(O)CC[C@]5(C)[C@H]4CC[C@@]21C. The van der Waals surface area contributed by atoms with Crippen molar-refractivity contribution in [2.75, 3.05) is 19.7 Å². The molecule has 10 rings (SSSR count). The first kappa shape index (κ1) is 40.2. The fourth-order valence-corrected chi connectivity index (χ4v) is 14.2. The van der Waals surface area contributed by atoms with E-state index in [1.807, 2.05) is 35.2 Å². The summed E-state index contributed by atoms with van der Waals surface area (Å²) in [4.78, 5) is 31.6. The highest BCUT2D eigenvalue weighted by molar-refractivity contribution is 6.10. The van der Waals surface area contributed by atoms with Crippen molar-refractivity contribution >= 4 is 11.9 Å². The number of fused-ring (bicyclic) bond motifs is 1. The number of allylic oxidation sites excluding steroid dienone is 4. The number of benzene rings is 2. The highest BCUT2D eigenvalue weighted by atomic mass is 16.6. The average molecular weight is 790 g/mol. The van der Waals surface area contributed by atoms with Gasteiger partial charge in [0, 0.05) is 34.0 Å². The minimum Gasteiger partial charge on any atom is -0.446 e. The van der Waals surface area contributed by atoms with Gasteiger partial charge in [-0.2, -0.15) is 0 Å². The van der Waals surface area contributed by atoms with Crippen LogP contribution in [-0.2, 0) is 9.47 Å². The minimum atomic E-state index is -1.18. The van der Waals surface area contributed by atoms with Crippen LogP contribution in [0.5, 0.6) is 0 Å². The van der Waals surface area contributed by atoms with E-state index in [4.69, 9.17) is 9.47 Å². The van der Waals surface area contributed by atoms with Gasteiger partial charge in [-0.15, -0.1) is 0 Å². The van der Waals surface area contributed by atoms with Gasteiger partial charge in [0.25, 0.3) is 0 Å². The summed E-state index contributed by atoms with van der Waals surface area (Å²) in [5, 5.41) is 24.5. The summed E-state index contributed by atoms with van der Waals surface area (Å²) in [6.45, 7) is 12.7. The van der Waals surface area contributed by atoms with Crippen molar-refractivity contribution in [3.63, 3.8) is 0 Å². The van der Waals surface area contributed by atoms with Crippen molar-refractivity contribution < 1.29 is 29.3 Å². The van der Waals surface area contributed by atoms with Crippen molar-refractivity contribution in [3.05, 3.63) is 84.0 Å². The summed E-state index contributed by atoms with van der Waals surface area (Å²) in [5.41, 5.74) is 0.867. The molecule has 7 heteroatoms. The Balaban J connectivity index is 1.07. The van der Waals surface area contributed by atoms with Crippen molar-refractivity contribution in [1.29, 1.82) is 0 Å². The molecule has 5 fully saturated rings. The van der Waals surface area contributed by atoms with Gasteiger partial charge < -0.3 is 24.6 Å². The van der Waals surface area contributed by atoms with E-state index in [1.165, 1.54) is 0 Å². The first-order chi connectivity index (χ1) is 27.7. The number of hydrogen-bond donors (Lipinski definition) is 2. The molecule has 2 N–H and O–H groups in total. The molecule has 7 nitrogen and oxygen atoms in total. The van der Waals surface area contributed by atoms with Crippen LogP contribution in [0.15, 0.2) is 78.4 Å². The van der Waals surface area contributed by atoms with Gasteiger partial charge in [0.05, 0.1) is 30.9 Å². The van der Waals surface area contributed by atoms with E-state index in [2.05, 4.69) is 77.1 Å². The number of aliphatic hydroxyl groups excluding tert-OH is 1. The summed E-state index contributed by atoms with van der Waals surface area (Å²) in [6.07, 6.45) is 16.3. The first-order valence-corrected chi connectivity index (χ1v) is 22.8. The Labute approximate surface area is 346 Å². The van der Waals surface area contributed by atoms with E-state index in [9.17, 15) is 15.0 Å². The second-order valence-corrected chi connectivity index (χ2v) is 20.8. The van der Waals surface area contributed by atoms with Gasteiger partial charge >= 0.3 is 6.09 Å². The Morgan fingerprint density at radius 2 is 1.59 bits per heavy atom. The topological polar surface area (TPSA) is 96.3 Å². The Morgan fingerprint density at radius 3 is 2.31 bits per heavy atom. The summed E-state index contributed by atoms with van der Waals surface area (Å²) < 4.78 is 12.6. The number of ketones is 1. The second-order valence-electron chi connectivity index (χ2n) is 20.8. The maximum atomic E-state index is 15.2. The lowest BCUT2D eigenvalue weighted by atomic mass is 9.32. The van der Waals surface area contributed by atoms with Gasteiger partial charge in [0.15, 0.2) is 5.78 Å². The standard InChI is InChI=1S/C51H67NO6/c1-33(2)40-18-13-34(3)28-42(40)58-46(55)52(31-39-12-9-27-57-39)32-50(56)24-21-44-48(50,5)23-20-43-47(4)22-19-38(53)29-49(47)25-26-51(43,44)41(30-49)45(54)37-16-14-36(15-17-37)35-10-7-6-8-11-35/h6-8,10-11,14-17,25-26,30,33-34,38-40,42-44,53,56H,9,12-13,18-24,27-29,31-32H2,1-5H3/t34-,38?,39+,40+,42-,43+,44+,47+,48-,49-,50+,51+/m0/s1. The summed E-state index contributed by atoms with van der Waals surface area (Å²) >= 11 is 0. The number of aliphatic hydroxyl groups is 2. The molecule has 8 aliphatic rings. The molecule has 1 amide bonds. The monoisotopic (exact) mass is 789 g/mol. The third-order valence-electron chi connectivity index (χ3n) is 17.6. The Kier molecular flexibility index (Phi) is 10.2. The van der Waals surface area contributed by atoms with Crippen LogP contribution in [0.3, 0.4) is 0 Å². The molecule has 1 unspecified atom stereocenters. The fraction of sp³-hybridized carbons (Fsp3) is 0.647. The molecule has 7 aliphatic carbocycles. The normalized spacial score (nSPS) is 41.4. The third kappa shape index (κ3) is 6.21. The molecule has 12 atom stereocenters. The van der Waals surface area contributed by atoms with E-state index >= 15 is 4.79 Å². The quantitative estimate of drug-likeness (QED) is 0.194. The van der Waals surface area contributed by atoms with Gasteiger partial charge in [-0.1, -0.05) is 114 Å². The van der Waals surface area contributed by atoms with Crippen molar-refractivity contribution in [3.8, 4) is 11.1 Å². The fourth-order valence-electron chi connectivity index (χ4n) is 14.2. The van der Waals surface area contributed by atoms with Crippen molar-refractivity contribution in [2.45, 2.75) is 136 Å². The largest absolute Gasteiger partial charge is 0.446 e. The molecule has 0 aromatic heterocycles. The van der Waals surface area contributed by atoms with Gasteiger partial charge in [0.1, 0.15) is 6.10 Å². The van der Waals surface area contributed by atoms with Crippen LogP contribution in [0, 0.1) is 51.2 Å². The van der Waals surface area contributed by atoms with Crippen LogP contribution >= 0.6 is 0 Å². The first-order valence-electron chi connectivity index (χ1n) is 22.8. The molecular formula is C51H67NO6. The highest BCUT2D eigenvalue weighted by Crippen LogP contribution is 2.78. The molecular weight excluding hydrogens is 723 g/mol. The summed E-state index contributed by atoms with van der Waals surface area (Å²) in [6, 6.07) is 18.3. The predicted molar refractivity (Wildman–Crippen MR) is 227 cm³/mol. The van der Waals surface area contributed by atoms with Crippen LogP contribution in [0.25, 0.3) is 11.1 Å². The number of hydrogen-bond acceptors (Lipinski definition) is 6. The second kappa shape index (κ2) is 14.7. The highest BCUT2D eigenvalue weighted by Gasteiger charge is 2.74. The predicted octanol–water partition coefficient (Wildman–Crippen LogP) is 10.2. The zero-order valence-electron chi connectivity index (χ0n) is 35.6. The van der Waals surface area contributed by atoms with Gasteiger partial charge in [0.2, 0.25) is 0 Å². The van der Waals surface area contributed by atoms with Crippen LogP contribution in [-0.4, -0.2) is 70.6 Å². The van der Waals surface area contributed by atoms with Gasteiger partial charge in [-0.25, -0.2) is 4.79 Å². The lowest BCUT2D eigenvalue weighted by Crippen LogP contribution is -2.67. The number of ether oxygens (including phenoxy) is 2. The molecule has 4 saturated carbocycles. The molecule has 2 aromatic rings. The molecule has 312 valence electrons. The lowest BCUT2D eigenvalue weighted by molar-refractivity contribution is -0.176. The summed E-state index contributed by atoms with van der Waals surface area (Å²) in [7, 11) is 0. The molecule has 1 aliphatic heterocycles. The number of nitrogens with zero attached hydrogens (tertiary/aromatic N) is 1. The zero-order valence-corrected chi connectivity index (χ0v) is 35.6. The number of carbonyl (C=O) groups is 2. The number of rotatable bonds is 9. The zero-order chi connectivity index (χ0) is 40.7. The van der Waals surface area contributed by atoms with Crippen LogP contribution in [0.1, 0.15) is 122 Å². The molecule has 58 heavy (non-hydrogen) atoms. The number of amides is 1. The van der Waals surface area contributed by atoms with Crippen molar-refractivity contribution in [1.82, 2.24) is 4.90 Å². The summed E-state index contributed by atoms with van der Waals surface area (Å²) in [5.74, 6) is 1.49. The van der Waals surface area contributed by atoms with E-state index in [-0.39, 0.29) is 47.9 Å². The molecule has 2 bridgehead atoms. The third-order valence-corrected chi connectivity index (χ3v) is 17.6. The van der Waals surface area contributed by atoms with E-state index < -0.39 is 27.9 Å². The smallest absolute Gasteiger partial charge is 0.410 e. The molecule has 0 radical (unpaired) electrons. The van der Waals surface area contributed by atoms with Crippen LogP contribution in [0.2, 0.25) is 0 Å². The molecule has 2 spiro atoms. The maximum absolute atomic E-state index is 15.2. The Hall–Kier alpha value is -3.26. The lowest BCUT2D eigenvalue weighted by Gasteiger charge is -2.71. The number of Topliss-reactive ketones (excluding diaryl/α,β-unsaturated/α-hetero) is 1. The number of carbonyl (C=O) groups excluding carboxylic acids is 2. The Bertz CT molecular complexity index is 1930. The molecule has 2 aromatic carbocycles. The van der Waals surface area contributed by atoms with Gasteiger partial charge in [-0.3, -0.25) is 4.79 Å². The minimum absolute atomic E-state index is 0.00844. The van der Waals surface area contributed by atoms with E-state index in [0.717, 1.165) is 80.9 Å². The van der Waals surface area contributed by atoms with Crippen LogP contribution in [0.4, 0.5) is 4.79 Å². The maximum Gasteiger partial charge on any atom is 0.410 e. The molecule has 1 saturated heterocycles. The van der Waals surface area contributed by atoms with E-state index in [0.29, 0.717) is 49.3 Å². The van der Waals surface area contributed by atoms with Crippen LogP contribution < -0.4 is 0 Å². The van der Waals surface area contributed by atoms with Crippen molar-refractivity contribution in [2.24, 2.45) is 51.2 Å². The van der Waals surface area contributed by atoms with E-state index in [1.54, 1.807) is 0 Å². The Morgan fingerprint density at radius 1 is 0.879 bits per heavy atom.